The van der Waals surface area contributed by atoms with E-state index in [9.17, 15) is 4.79 Å². The maximum Gasteiger partial charge on any atom is 0.228 e. The molecular weight excluding hydrogens is 516 g/mol. The average Bonchev–Trinajstić information content (AvgIpc) is 3.37. The Balaban J connectivity index is 1.37. The van der Waals surface area contributed by atoms with Crippen molar-refractivity contribution in [3.63, 3.8) is 0 Å². The number of amides is 1. The number of ether oxygens (including phenoxy) is 2. The standard InChI is InChI=1S/C34H50N2O3S/c1-4-5-6-7-8-9-10-11-12-13-14-15-23-39-34-30(17-16-18-32(34)38-3)24-33(37)35-31-21-19-29(20-22-31)26-36-25-28(2)40-27-36/h16-22,25H,4-15,23-24,26-27H2,1-3H3,(H,35,37). The number of methoxy groups -OCH3 is 1. The van der Waals surface area contributed by atoms with Gasteiger partial charge in [-0.2, -0.15) is 0 Å². The number of unbranched alkanes of at least 4 members (excludes halogenated alkanes) is 11. The Labute approximate surface area is 247 Å². The highest BCUT2D eigenvalue weighted by molar-refractivity contribution is 8.03. The van der Waals surface area contributed by atoms with E-state index in [1.54, 1.807) is 7.11 Å². The van der Waals surface area contributed by atoms with Crippen LogP contribution in [0.25, 0.3) is 0 Å². The summed E-state index contributed by atoms with van der Waals surface area (Å²) in [4.78, 5) is 16.5. The van der Waals surface area contributed by atoms with Gasteiger partial charge in [0, 0.05) is 24.0 Å². The Morgan fingerprint density at radius 2 is 1.55 bits per heavy atom. The first-order chi connectivity index (χ1) is 19.6. The number of rotatable bonds is 20. The van der Waals surface area contributed by atoms with Crippen molar-refractivity contribution in [2.24, 2.45) is 0 Å². The lowest BCUT2D eigenvalue weighted by Gasteiger charge is -2.16. The Hall–Kier alpha value is -2.60. The molecule has 0 aliphatic carbocycles. The predicted molar refractivity (Wildman–Crippen MR) is 170 cm³/mol. The zero-order valence-electron chi connectivity index (χ0n) is 25.0. The third kappa shape index (κ3) is 11.9. The zero-order valence-corrected chi connectivity index (χ0v) is 25.8. The molecule has 1 heterocycles. The minimum atomic E-state index is -0.0642. The van der Waals surface area contributed by atoms with E-state index in [2.05, 4.69) is 42.4 Å². The third-order valence-corrected chi connectivity index (χ3v) is 8.34. The molecule has 0 aromatic heterocycles. The van der Waals surface area contributed by atoms with Crippen LogP contribution in [0.4, 0.5) is 5.69 Å². The van der Waals surface area contributed by atoms with Crippen LogP contribution in [0.15, 0.2) is 53.6 Å². The van der Waals surface area contributed by atoms with E-state index in [-0.39, 0.29) is 12.3 Å². The van der Waals surface area contributed by atoms with Crippen LogP contribution in [0, 0.1) is 0 Å². The quantitative estimate of drug-likeness (QED) is 0.162. The molecule has 2 aromatic rings. The summed E-state index contributed by atoms with van der Waals surface area (Å²) < 4.78 is 11.7. The molecule has 0 fully saturated rings. The molecule has 220 valence electrons. The van der Waals surface area contributed by atoms with Gasteiger partial charge in [0.15, 0.2) is 11.5 Å². The molecule has 0 saturated heterocycles. The van der Waals surface area contributed by atoms with Crippen LogP contribution < -0.4 is 14.8 Å². The second-order valence-electron chi connectivity index (χ2n) is 10.9. The van der Waals surface area contributed by atoms with E-state index in [1.165, 1.54) is 81.1 Å². The molecule has 3 rings (SSSR count). The van der Waals surface area contributed by atoms with Gasteiger partial charge in [-0.3, -0.25) is 4.79 Å². The normalized spacial score (nSPS) is 12.9. The fourth-order valence-electron chi connectivity index (χ4n) is 5.06. The lowest BCUT2D eigenvalue weighted by molar-refractivity contribution is -0.115. The van der Waals surface area contributed by atoms with Gasteiger partial charge < -0.3 is 19.7 Å². The van der Waals surface area contributed by atoms with E-state index in [0.29, 0.717) is 18.1 Å². The first-order valence-electron chi connectivity index (χ1n) is 15.3. The van der Waals surface area contributed by atoms with Crippen molar-refractivity contribution in [1.82, 2.24) is 4.90 Å². The summed E-state index contributed by atoms with van der Waals surface area (Å²) in [5, 5.41) is 3.04. The van der Waals surface area contributed by atoms with Crippen LogP contribution in [-0.4, -0.2) is 30.4 Å². The zero-order chi connectivity index (χ0) is 28.4. The van der Waals surface area contributed by atoms with Crippen molar-refractivity contribution in [2.75, 3.05) is 24.9 Å². The van der Waals surface area contributed by atoms with E-state index < -0.39 is 0 Å². The summed E-state index contributed by atoms with van der Waals surface area (Å²) in [6, 6.07) is 13.9. The average molecular weight is 567 g/mol. The van der Waals surface area contributed by atoms with Gasteiger partial charge in [-0.25, -0.2) is 0 Å². The molecule has 1 N–H and O–H groups in total. The van der Waals surface area contributed by atoms with E-state index >= 15 is 0 Å². The van der Waals surface area contributed by atoms with Crippen LogP contribution in [0.2, 0.25) is 0 Å². The van der Waals surface area contributed by atoms with Crippen LogP contribution in [-0.2, 0) is 17.8 Å². The number of nitrogens with zero attached hydrogens (tertiary/aromatic N) is 1. The summed E-state index contributed by atoms with van der Waals surface area (Å²) in [5.74, 6) is 2.29. The lowest BCUT2D eigenvalue weighted by atomic mass is 10.1. The Bertz CT molecular complexity index is 1040. The third-order valence-electron chi connectivity index (χ3n) is 7.32. The van der Waals surface area contributed by atoms with Crippen molar-refractivity contribution in [3.8, 4) is 11.5 Å². The molecule has 1 amide bonds. The summed E-state index contributed by atoms with van der Waals surface area (Å²) in [7, 11) is 1.65. The second kappa shape index (κ2) is 18.7. The van der Waals surface area contributed by atoms with Gasteiger partial charge in [0.2, 0.25) is 5.91 Å². The van der Waals surface area contributed by atoms with Gasteiger partial charge >= 0.3 is 0 Å². The second-order valence-corrected chi connectivity index (χ2v) is 12.1. The van der Waals surface area contributed by atoms with Crippen LogP contribution in [0.3, 0.4) is 0 Å². The first kappa shape index (κ1) is 31.9. The number of thioether (sulfide) groups is 1. The smallest absolute Gasteiger partial charge is 0.228 e. The number of benzene rings is 2. The maximum absolute atomic E-state index is 12.9. The van der Waals surface area contributed by atoms with Crippen molar-refractivity contribution in [2.45, 2.75) is 104 Å². The molecule has 0 unspecified atom stereocenters. The van der Waals surface area contributed by atoms with Crippen molar-refractivity contribution < 1.29 is 14.3 Å². The molecule has 40 heavy (non-hydrogen) atoms. The summed E-state index contributed by atoms with van der Waals surface area (Å²) in [6.45, 7) is 5.93. The first-order valence-corrected chi connectivity index (χ1v) is 16.3. The molecule has 5 nitrogen and oxygen atoms in total. The summed E-state index contributed by atoms with van der Waals surface area (Å²) >= 11 is 1.86. The molecule has 6 heteroatoms. The highest BCUT2D eigenvalue weighted by Gasteiger charge is 2.15. The molecule has 0 radical (unpaired) electrons. The number of carbonyl (C=O) groups excluding carboxylic acids is 1. The monoisotopic (exact) mass is 566 g/mol. The largest absolute Gasteiger partial charge is 0.493 e. The van der Waals surface area contributed by atoms with Crippen LogP contribution in [0.5, 0.6) is 11.5 Å². The Kier molecular flexibility index (Phi) is 14.9. The number of carbonyl (C=O) groups is 1. The molecule has 0 bridgehead atoms. The van der Waals surface area contributed by atoms with Gasteiger partial charge in [-0.15, -0.1) is 11.8 Å². The molecule has 2 aromatic carbocycles. The van der Waals surface area contributed by atoms with Gasteiger partial charge in [-0.1, -0.05) is 102 Å². The Morgan fingerprint density at radius 1 is 0.900 bits per heavy atom. The number of hydrogen-bond acceptors (Lipinski definition) is 5. The fraction of sp³-hybridized carbons (Fsp3) is 0.559. The Morgan fingerprint density at radius 3 is 2.15 bits per heavy atom. The summed E-state index contributed by atoms with van der Waals surface area (Å²) in [6.07, 6.45) is 18.2. The maximum atomic E-state index is 12.9. The molecule has 1 aliphatic rings. The minimum absolute atomic E-state index is 0.0642. The number of para-hydroxylation sites is 1. The molecule has 1 aliphatic heterocycles. The van der Waals surface area contributed by atoms with Gasteiger partial charge in [0.05, 0.1) is 26.0 Å². The molecule has 0 atom stereocenters. The number of anilines is 1. The number of hydrogen-bond donors (Lipinski definition) is 1. The van der Waals surface area contributed by atoms with Crippen LogP contribution in [0.1, 0.15) is 102 Å². The van der Waals surface area contributed by atoms with E-state index in [1.807, 2.05) is 42.1 Å². The van der Waals surface area contributed by atoms with Crippen molar-refractivity contribution in [1.29, 1.82) is 0 Å². The topological polar surface area (TPSA) is 50.8 Å². The van der Waals surface area contributed by atoms with E-state index in [4.69, 9.17) is 9.47 Å². The fourth-order valence-corrected chi connectivity index (χ4v) is 5.82. The number of allylic oxidation sites excluding steroid dienone is 1. The van der Waals surface area contributed by atoms with Gasteiger partial charge in [0.1, 0.15) is 0 Å². The lowest BCUT2D eigenvalue weighted by Crippen LogP contribution is -2.16. The minimum Gasteiger partial charge on any atom is -0.493 e. The summed E-state index contributed by atoms with van der Waals surface area (Å²) in [5.41, 5.74) is 2.88. The highest BCUT2D eigenvalue weighted by atomic mass is 32.2. The van der Waals surface area contributed by atoms with Crippen molar-refractivity contribution in [3.05, 3.63) is 64.7 Å². The molecular formula is C34H50N2O3S. The molecule has 0 saturated carbocycles. The SMILES string of the molecule is CCCCCCCCCCCCCCOc1c(CC(=O)Nc2ccc(CN3C=C(C)SC3)cc2)cccc1OC. The predicted octanol–water partition coefficient (Wildman–Crippen LogP) is 9.32. The van der Waals surface area contributed by atoms with Gasteiger partial charge in [-0.05, 0) is 42.0 Å². The van der Waals surface area contributed by atoms with Crippen molar-refractivity contribution >= 4 is 23.4 Å². The number of nitrogens with one attached hydrogen (secondary N) is 1. The van der Waals surface area contributed by atoms with Gasteiger partial charge in [0.25, 0.3) is 0 Å². The van der Waals surface area contributed by atoms with Crippen LogP contribution >= 0.6 is 11.8 Å². The molecule has 0 spiro atoms. The highest BCUT2D eigenvalue weighted by Crippen LogP contribution is 2.32. The van der Waals surface area contributed by atoms with E-state index in [0.717, 1.165) is 30.1 Å².